The topological polar surface area (TPSA) is 71.5 Å². The molecule has 3 rings (SSSR count). The number of carbonyl (C=O) groups is 1. The van der Waals surface area contributed by atoms with E-state index < -0.39 is 17.5 Å². The van der Waals surface area contributed by atoms with Gasteiger partial charge in [-0.3, -0.25) is 5.01 Å². The molecule has 0 spiro atoms. The molecule has 2 aromatic rings. The third-order valence-corrected chi connectivity index (χ3v) is 4.97. The van der Waals surface area contributed by atoms with Crippen molar-refractivity contribution in [3.8, 4) is 0 Å². The van der Waals surface area contributed by atoms with Crippen molar-refractivity contribution in [2.45, 2.75) is 50.8 Å². The van der Waals surface area contributed by atoms with Gasteiger partial charge >= 0.3 is 6.09 Å². The van der Waals surface area contributed by atoms with E-state index in [4.69, 9.17) is 16.3 Å². The van der Waals surface area contributed by atoms with Crippen LogP contribution in [0.15, 0.2) is 11.4 Å². The fourth-order valence-corrected chi connectivity index (χ4v) is 3.45. The van der Waals surface area contributed by atoms with E-state index >= 15 is 0 Å². The van der Waals surface area contributed by atoms with Gasteiger partial charge in [0.25, 0.3) is 0 Å². The van der Waals surface area contributed by atoms with E-state index in [1.807, 2.05) is 20.8 Å². The van der Waals surface area contributed by atoms with Gasteiger partial charge in [-0.05, 0) is 46.3 Å². The summed E-state index contributed by atoms with van der Waals surface area (Å²) < 4.78 is 20.2. The number of hydrogen-bond acceptors (Lipinski definition) is 7. The molecule has 7 nitrogen and oxygen atoms in total. The maximum atomic E-state index is 14.6. The van der Waals surface area contributed by atoms with Crippen LogP contribution in [0, 0.1) is 5.82 Å². The van der Waals surface area contributed by atoms with E-state index in [-0.39, 0.29) is 10.7 Å². The van der Waals surface area contributed by atoms with E-state index in [1.54, 1.807) is 11.3 Å². The Morgan fingerprint density at radius 1 is 1.25 bits per heavy atom. The summed E-state index contributed by atoms with van der Waals surface area (Å²) in [5.41, 5.74) is -0.545. The number of carbonyl (C=O) groups excluding carboxylic acids is 1. The smallest absolute Gasteiger partial charge is 0.429 e. The Labute approximate surface area is 172 Å². The summed E-state index contributed by atoms with van der Waals surface area (Å²) >= 11 is 7.14. The SMILES string of the molecule is CSc1nc(N2CCCCCN2C(=O)OC(C)(C)C)c2cnc(Cl)c(F)c2n1. The van der Waals surface area contributed by atoms with Crippen LogP contribution in [-0.2, 0) is 4.74 Å². The van der Waals surface area contributed by atoms with Crippen molar-refractivity contribution in [3.63, 3.8) is 0 Å². The number of nitrogens with zero attached hydrogens (tertiary/aromatic N) is 5. The Morgan fingerprint density at radius 3 is 2.64 bits per heavy atom. The van der Waals surface area contributed by atoms with Gasteiger partial charge in [-0.15, -0.1) is 0 Å². The molecule has 0 unspecified atom stereocenters. The zero-order valence-corrected chi connectivity index (χ0v) is 17.9. The molecule has 0 radical (unpaired) electrons. The molecule has 1 amide bonds. The van der Waals surface area contributed by atoms with Crippen LogP contribution >= 0.6 is 23.4 Å². The number of rotatable bonds is 2. The highest BCUT2D eigenvalue weighted by Gasteiger charge is 2.31. The molecule has 0 aliphatic carbocycles. The van der Waals surface area contributed by atoms with Crippen molar-refractivity contribution in [2.75, 3.05) is 24.4 Å². The zero-order valence-electron chi connectivity index (χ0n) is 16.3. The highest BCUT2D eigenvalue weighted by Crippen LogP contribution is 2.32. The first kappa shape index (κ1) is 20.9. The van der Waals surface area contributed by atoms with Gasteiger partial charge in [-0.2, -0.15) is 0 Å². The van der Waals surface area contributed by atoms with E-state index in [1.165, 1.54) is 23.0 Å². The first-order chi connectivity index (χ1) is 13.2. The lowest BCUT2D eigenvalue weighted by atomic mass is 10.2. The molecule has 0 saturated carbocycles. The summed E-state index contributed by atoms with van der Waals surface area (Å²) in [6.45, 7) is 6.49. The number of fused-ring (bicyclic) bond motifs is 1. The van der Waals surface area contributed by atoms with Crippen molar-refractivity contribution in [1.29, 1.82) is 0 Å². The molecule has 10 heteroatoms. The van der Waals surface area contributed by atoms with Crippen LogP contribution in [0.25, 0.3) is 10.9 Å². The molecule has 1 fully saturated rings. The second-order valence-corrected chi connectivity index (χ2v) is 8.58. The summed E-state index contributed by atoms with van der Waals surface area (Å²) in [4.78, 5) is 25.6. The first-order valence-electron chi connectivity index (χ1n) is 9.05. The molecule has 0 aromatic carbocycles. The lowest BCUT2D eigenvalue weighted by molar-refractivity contribution is 0.0232. The third kappa shape index (κ3) is 4.41. The molecule has 28 heavy (non-hydrogen) atoms. The molecule has 152 valence electrons. The van der Waals surface area contributed by atoms with E-state index in [2.05, 4.69) is 15.0 Å². The van der Waals surface area contributed by atoms with E-state index in [9.17, 15) is 9.18 Å². The minimum absolute atomic E-state index is 0.0859. The Bertz CT molecular complexity index is 892. The van der Waals surface area contributed by atoms with Gasteiger partial charge < -0.3 is 4.74 Å². The number of ether oxygens (including phenoxy) is 1. The van der Waals surface area contributed by atoms with Gasteiger partial charge in [-0.25, -0.2) is 29.1 Å². The maximum Gasteiger partial charge on any atom is 0.429 e. The molecule has 3 heterocycles. The van der Waals surface area contributed by atoms with Crippen molar-refractivity contribution in [2.24, 2.45) is 0 Å². The molecule has 0 bridgehead atoms. The number of anilines is 1. The number of amides is 1. The largest absolute Gasteiger partial charge is 0.442 e. The Kier molecular flexibility index (Phi) is 6.14. The molecule has 0 N–H and O–H groups in total. The predicted octanol–water partition coefficient (Wildman–Crippen LogP) is 4.68. The molecule has 1 aliphatic rings. The van der Waals surface area contributed by atoms with Crippen LogP contribution in [-0.4, -0.2) is 51.0 Å². The van der Waals surface area contributed by atoms with Crippen LogP contribution in [0.2, 0.25) is 5.15 Å². The normalized spacial score (nSPS) is 15.6. The molecule has 0 atom stereocenters. The Hall–Kier alpha value is -1.87. The van der Waals surface area contributed by atoms with Crippen molar-refractivity contribution >= 4 is 46.2 Å². The van der Waals surface area contributed by atoms with Crippen molar-refractivity contribution in [3.05, 3.63) is 17.2 Å². The monoisotopic (exact) mass is 427 g/mol. The van der Waals surface area contributed by atoms with E-state index in [0.29, 0.717) is 29.5 Å². The highest BCUT2D eigenvalue weighted by molar-refractivity contribution is 7.98. The highest BCUT2D eigenvalue weighted by atomic mass is 35.5. The lowest BCUT2D eigenvalue weighted by Crippen LogP contribution is -2.49. The second kappa shape index (κ2) is 8.24. The maximum absolute atomic E-state index is 14.6. The zero-order chi connectivity index (χ0) is 20.5. The van der Waals surface area contributed by atoms with Crippen molar-refractivity contribution in [1.82, 2.24) is 20.0 Å². The van der Waals surface area contributed by atoms with Gasteiger partial charge in [0.05, 0.1) is 5.39 Å². The van der Waals surface area contributed by atoms with Crippen LogP contribution in [0.4, 0.5) is 15.0 Å². The summed E-state index contributed by atoms with van der Waals surface area (Å²) in [5.74, 6) is -0.276. The van der Waals surface area contributed by atoms with Gasteiger partial charge in [-0.1, -0.05) is 23.4 Å². The summed E-state index contributed by atoms with van der Waals surface area (Å²) in [6.07, 6.45) is 5.45. The molecular weight excluding hydrogens is 405 g/mol. The van der Waals surface area contributed by atoms with Crippen molar-refractivity contribution < 1.29 is 13.9 Å². The van der Waals surface area contributed by atoms with Gasteiger partial charge in [0.2, 0.25) is 0 Å². The van der Waals surface area contributed by atoms with Crippen LogP contribution in [0.3, 0.4) is 0 Å². The summed E-state index contributed by atoms with van der Waals surface area (Å²) in [7, 11) is 0. The van der Waals surface area contributed by atoms with Gasteiger partial charge in [0.1, 0.15) is 11.1 Å². The molecule has 2 aromatic heterocycles. The van der Waals surface area contributed by atoms with Crippen LogP contribution in [0.5, 0.6) is 0 Å². The standard InChI is InChI=1S/C18H23ClFN5O2S/c1-18(2,3)27-17(26)25-9-7-5-6-8-24(25)15-11-10-21-14(19)12(20)13(11)22-16(23-15)28-4/h10H,5-9H2,1-4H3. The average Bonchev–Trinajstić information content (AvgIpc) is 2.88. The second-order valence-electron chi connectivity index (χ2n) is 7.45. The Balaban J connectivity index is 2.13. The fraction of sp³-hybridized carbons (Fsp3) is 0.556. The number of pyridine rings is 1. The lowest BCUT2D eigenvalue weighted by Gasteiger charge is -2.35. The Morgan fingerprint density at radius 2 is 1.96 bits per heavy atom. The average molecular weight is 428 g/mol. The summed E-state index contributed by atoms with van der Waals surface area (Å²) in [6, 6.07) is 0. The fourth-order valence-electron chi connectivity index (χ4n) is 2.95. The quantitative estimate of drug-likeness (QED) is 0.391. The molecular formula is C18H23ClFN5O2S. The minimum Gasteiger partial charge on any atom is -0.442 e. The third-order valence-electron chi connectivity index (χ3n) is 4.16. The molecule has 1 aliphatic heterocycles. The van der Waals surface area contributed by atoms with Crippen LogP contribution in [0.1, 0.15) is 40.0 Å². The molecule has 1 saturated heterocycles. The van der Waals surface area contributed by atoms with Crippen LogP contribution < -0.4 is 5.01 Å². The van der Waals surface area contributed by atoms with E-state index in [0.717, 1.165) is 19.3 Å². The number of halogens is 2. The van der Waals surface area contributed by atoms with Gasteiger partial charge in [0, 0.05) is 19.3 Å². The van der Waals surface area contributed by atoms with Gasteiger partial charge in [0.15, 0.2) is 21.9 Å². The summed E-state index contributed by atoms with van der Waals surface area (Å²) in [5, 5.41) is 3.83. The number of hydrazine groups is 1. The first-order valence-corrected chi connectivity index (χ1v) is 10.6. The number of thioether (sulfide) groups is 1. The number of hydrogen-bond donors (Lipinski definition) is 0. The number of aromatic nitrogens is 3. The predicted molar refractivity (Wildman–Crippen MR) is 108 cm³/mol. The minimum atomic E-state index is -0.697.